The van der Waals surface area contributed by atoms with Gasteiger partial charge < -0.3 is 10.2 Å². The van der Waals surface area contributed by atoms with Crippen molar-refractivity contribution in [2.75, 3.05) is 12.8 Å². The van der Waals surface area contributed by atoms with Crippen LogP contribution in [0.4, 0.5) is 0 Å². The molecule has 0 bridgehead atoms. The third-order valence-corrected chi connectivity index (χ3v) is 4.43. The highest BCUT2D eigenvalue weighted by atomic mass is 32.2. The summed E-state index contributed by atoms with van der Waals surface area (Å²) >= 11 is 1.79. The van der Waals surface area contributed by atoms with E-state index in [1.54, 1.807) is 30.6 Å². The van der Waals surface area contributed by atoms with Crippen LogP contribution in [-0.4, -0.2) is 46.8 Å². The Labute approximate surface area is 93.8 Å². The van der Waals surface area contributed by atoms with Crippen LogP contribution >= 0.6 is 11.8 Å². The summed E-state index contributed by atoms with van der Waals surface area (Å²) < 4.78 is 0. The molecule has 0 spiro atoms. The smallest absolute Gasteiger partial charge is 0.241 e. The number of carbonyl (C=O) groups excluding carboxylic acids is 2. The van der Waals surface area contributed by atoms with Crippen LogP contribution in [0.3, 0.4) is 0 Å². The number of carbonyl (C=O) groups is 2. The molecule has 0 aromatic heterocycles. The maximum Gasteiger partial charge on any atom is 0.241 e. The largest absolute Gasteiger partial charge is 0.319 e. The second-order valence-electron chi connectivity index (χ2n) is 4.06. The molecule has 1 amide bonds. The number of thioether (sulfide) groups is 1. The highest BCUT2D eigenvalue weighted by Gasteiger charge is 2.45. The SMILES string of the molecule is CNC1CC2SCCC(C(C)=O)N2C1=O. The molecule has 84 valence electrons. The number of hydrogen-bond acceptors (Lipinski definition) is 4. The number of amides is 1. The number of fused-ring (bicyclic) bond motifs is 1. The maximum atomic E-state index is 12.0. The molecular weight excluding hydrogens is 212 g/mol. The molecule has 15 heavy (non-hydrogen) atoms. The minimum absolute atomic E-state index is 0.0925. The van der Waals surface area contributed by atoms with Crippen molar-refractivity contribution in [2.45, 2.75) is 37.2 Å². The summed E-state index contributed by atoms with van der Waals surface area (Å²) in [4.78, 5) is 25.2. The number of likely N-dealkylation sites (N-methyl/N-ethyl adjacent to an activating group) is 1. The van der Waals surface area contributed by atoms with Crippen molar-refractivity contribution < 1.29 is 9.59 Å². The number of hydrogen-bond donors (Lipinski definition) is 1. The topological polar surface area (TPSA) is 49.4 Å². The van der Waals surface area contributed by atoms with E-state index in [-0.39, 0.29) is 29.1 Å². The standard InChI is InChI=1S/C10H16N2O2S/c1-6(13)8-3-4-15-9-5-7(11-2)10(14)12(8)9/h7-9,11H,3-5H2,1-2H3. The average Bonchev–Trinajstić information content (AvgIpc) is 2.55. The fourth-order valence-corrected chi connectivity index (χ4v) is 3.71. The molecule has 2 fully saturated rings. The lowest BCUT2D eigenvalue weighted by Gasteiger charge is -2.35. The third kappa shape index (κ3) is 1.78. The van der Waals surface area contributed by atoms with Crippen molar-refractivity contribution in [1.82, 2.24) is 10.2 Å². The lowest BCUT2D eigenvalue weighted by atomic mass is 10.1. The lowest BCUT2D eigenvalue weighted by Crippen LogP contribution is -2.49. The summed E-state index contributed by atoms with van der Waals surface area (Å²) in [6, 6.07) is -0.274. The molecule has 2 rings (SSSR count). The van der Waals surface area contributed by atoms with E-state index < -0.39 is 0 Å². The Kier molecular flexibility index (Phi) is 3.02. The minimum atomic E-state index is -0.179. The van der Waals surface area contributed by atoms with Crippen LogP contribution in [-0.2, 0) is 9.59 Å². The number of nitrogens with one attached hydrogen (secondary N) is 1. The zero-order chi connectivity index (χ0) is 11.0. The normalized spacial score (nSPS) is 35.5. The van der Waals surface area contributed by atoms with Crippen LogP contribution in [0.15, 0.2) is 0 Å². The van der Waals surface area contributed by atoms with Crippen LogP contribution in [0, 0.1) is 0 Å². The molecule has 5 heteroatoms. The van der Waals surface area contributed by atoms with Crippen molar-refractivity contribution in [3.63, 3.8) is 0 Å². The summed E-state index contributed by atoms with van der Waals surface area (Å²) in [6.07, 6.45) is 1.63. The monoisotopic (exact) mass is 228 g/mol. The van der Waals surface area contributed by atoms with Gasteiger partial charge in [0.1, 0.15) is 0 Å². The Balaban J connectivity index is 2.20. The Bertz CT molecular complexity index is 295. The highest BCUT2D eigenvalue weighted by Crippen LogP contribution is 2.36. The molecule has 3 atom stereocenters. The number of Topliss-reactive ketones (excluding diaryl/α,β-unsaturated/α-hetero) is 1. The van der Waals surface area contributed by atoms with Crippen LogP contribution < -0.4 is 5.32 Å². The minimum Gasteiger partial charge on any atom is -0.319 e. The van der Waals surface area contributed by atoms with Gasteiger partial charge in [-0.05, 0) is 26.1 Å². The van der Waals surface area contributed by atoms with E-state index in [0.29, 0.717) is 0 Å². The first-order valence-corrected chi connectivity index (χ1v) is 6.31. The Hall–Kier alpha value is -0.550. The van der Waals surface area contributed by atoms with Gasteiger partial charge in [-0.15, -0.1) is 11.8 Å². The van der Waals surface area contributed by atoms with E-state index in [2.05, 4.69) is 5.32 Å². The fourth-order valence-electron chi connectivity index (χ4n) is 2.34. The van der Waals surface area contributed by atoms with Gasteiger partial charge in [-0.1, -0.05) is 0 Å². The molecule has 0 saturated carbocycles. The van der Waals surface area contributed by atoms with Gasteiger partial charge in [-0.3, -0.25) is 9.59 Å². The molecule has 0 aliphatic carbocycles. The number of rotatable bonds is 2. The van der Waals surface area contributed by atoms with Crippen molar-refractivity contribution >= 4 is 23.5 Å². The third-order valence-electron chi connectivity index (χ3n) is 3.16. The van der Waals surface area contributed by atoms with Crippen molar-refractivity contribution in [3.05, 3.63) is 0 Å². The van der Waals surface area contributed by atoms with Gasteiger partial charge in [-0.2, -0.15) is 0 Å². The van der Waals surface area contributed by atoms with Gasteiger partial charge in [0, 0.05) is 6.42 Å². The fraction of sp³-hybridized carbons (Fsp3) is 0.800. The molecule has 0 aromatic rings. The molecule has 2 aliphatic rings. The van der Waals surface area contributed by atoms with Gasteiger partial charge in [-0.25, -0.2) is 0 Å². The van der Waals surface area contributed by atoms with Crippen LogP contribution in [0.5, 0.6) is 0 Å². The van der Waals surface area contributed by atoms with Crippen LogP contribution in [0.25, 0.3) is 0 Å². The first-order valence-electron chi connectivity index (χ1n) is 5.26. The van der Waals surface area contributed by atoms with Crippen molar-refractivity contribution in [3.8, 4) is 0 Å². The van der Waals surface area contributed by atoms with Gasteiger partial charge in [0.25, 0.3) is 0 Å². The molecule has 1 N–H and O–H groups in total. The molecule has 4 nitrogen and oxygen atoms in total. The number of ketones is 1. The molecule has 0 radical (unpaired) electrons. The summed E-state index contributed by atoms with van der Waals surface area (Å²) in [6.45, 7) is 1.58. The van der Waals surface area contributed by atoms with E-state index in [1.165, 1.54) is 0 Å². The van der Waals surface area contributed by atoms with E-state index >= 15 is 0 Å². The molecular formula is C10H16N2O2S. The number of nitrogens with zero attached hydrogens (tertiary/aromatic N) is 1. The van der Waals surface area contributed by atoms with Gasteiger partial charge in [0.05, 0.1) is 17.5 Å². The predicted octanol–water partition coefficient (Wildman–Crippen LogP) is 0.227. The highest BCUT2D eigenvalue weighted by molar-refractivity contribution is 7.99. The quantitative estimate of drug-likeness (QED) is 0.735. The molecule has 2 aliphatic heterocycles. The summed E-state index contributed by atoms with van der Waals surface area (Å²) in [5, 5.41) is 3.22. The zero-order valence-corrected chi connectivity index (χ0v) is 9.84. The van der Waals surface area contributed by atoms with E-state index in [1.807, 2.05) is 0 Å². The van der Waals surface area contributed by atoms with Gasteiger partial charge >= 0.3 is 0 Å². The molecule has 0 aromatic carbocycles. The lowest BCUT2D eigenvalue weighted by molar-refractivity contribution is -0.137. The Morgan fingerprint density at radius 2 is 2.33 bits per heavy atom. The second kappa shape index (κ2) is 4.14. The van der Waals surface area contributed by atoms with E-state index in [4.69, 9.17) is 0 Å². The van der Waals surface area contributed by atoms with Gasteiger partial charge in [0.2, 0.25) is 5.91 Å². The Morgan fingerprint density at radius 1 is 1.60 bits per heavy atom. The summed E-state index contributed by atoms with van der Waals surface area (Å²) in [5.41, 5.74) is 0. The molecule has 2 saturated heterocycles. The van der Waals surface area contributed by atoms with Crippen LogP contribution in [0.1, 0.15) is 19.8 Å². The first kappa shape index (κ1) is 11.0. The van der Waals surface area contributed by atoms with Crippen molar-refractivity contribution in [1.29, 1.82) is 0 Å². The zero-order valence-electron chi connectivity index (χ0n) is 9.03. The first-order chi connectivity index (χ1) is 7.15. The maximum absolute atomic E-state index is 12.0. The predicted molar refractivity (Wildman–Crippen MR) is 59.6 cm³/mol. The van der Waals surface area contributed by atoms with Crippen molar-refractivity contribution in [2.24, 2.45) is 0 Å². The summed E-state index contributed by atoms with van der Waals surface area (Å²) in [5.74, 6) is 1.19. The van der Waals surface area contributed by atoms with Gasteiger partial charge in [0.15, 0.2) is 5.78 Å². The molecule has 2 heterocycles. The van der Waals surface area contributed by atoms with E-state index in [0.717, 1.165) is 18.6 Å². The molecule has 3 unspecified atom stereocenters. The van der Waals surface area contributed by atoms with E-state index in [9.17, 15) is 9.59 Å². The second-order valence-corrected chi connectivity index (χ2v) is 5.35. The summed E-state index contributed by atoms with van der Waals surface area (Å²) in [7, 11) is 1.80. The Morgan fingerprint density at radius 3 is 2.93 bits per heavy atom. The average molecular weight is 228 g/mol. The van der Waals surface area contributed by atoms with Crippen LogP contribution in [0.2, 0.25) is 0 Å².